The highest BCUT2D eigenvalue weighted by Gasteiger charge is 2.13. The molecule has 0 radical (unpaired) electrons. The van der Waals surface area contributed by atoms with E-state index in [4.69, 9.17) is 4.74 Å². The number of benzene rings is 1. The molecule has 4 heteroatoms. The van der Waals surface area contributed by atoms with Gasteiger partial charge in [-0.15, -0.1) is 0 Å². The van der Waals surface area contributed by atoms with Crippen molar-refractivity contribution in [1.82, 2.24) is 5.32 Å². The van der Waals surface area contributed by atoms with Crippen LogP contribution in [0, 0.1) is 5.82 Å². The van der Waals surface area contributed by atoms with E-state index in [9.17, 15) is 4.39 Å². The molecular weight excluding hydrogens is 231 g/mol. The second-order valence-corrected chi connectivity index (χ2v) is 4.48. The van der Waals surface area contributed by atoms with Crippen LogP contribution in [0.2, 0.25) is 0 Å². The molecule has 1 rings (SSSR count). The van der Waals surface area contributed by atoms with Crippen molar-refractivity contribution >= 4 is 5.69 Å². The Hall–Kier alpha value is -1.13. The molecular formula is C14H23FN2O. The lowest BCUT2D eigenvalue weighted by Crippen LogP contribution is -2.33. The Balaban J connectivity index is 2.78. The van der Waals surface area contributed by atoms with E-state index < -0.39 is 0 Å². The molecule has 0 aliphatic rings. The number of nitrogens with one attached hydrogen (secondary N) is 1. The first kappa shape index (κ1) is 14.9. The van der Waals surface area contributed by atoms with E-state index >= 15 is 0 Å². The number of rotatable bonds is 7. The maximum atomic E-state index is 14.0. The number of nitrogens with zero attached hydrogens (tertiary/aromatic N) is 1. The van der Waals surface area contributed by atoms with Crippen LogP contribution in [0.3, 0.4) is 0 Å². The Morgan fingerprint density at radius 3 is 2.72 bits per heavy atom. The minimum absolute atomic E-state index is 0.143. The van der Waals surface area contributed by atoms with Gasteiger partial charge in [-0.1, -0.05) is 13.0 Å². The summed E-state index contributed by atoms with van der Waals surface area (Å²) >= 11 is 0. The Morgan fingerprint density at radius 1 is 1.44 bits per heavy atom. The summed E-state index contributed by atoms with van der Waals surface area (Å²) in [6, 6.07) is 5.52. The average molecular weight is 254 g/mol. The molecule has 18 heavy (non-hydrogen) atoms. The molecule has 1 aromatic rings. The largest absolute Gasteiger partial charge is 0.383 e. The third-order valence-electron chi connectivity index (χ3n) is 3.04. The monoisotopic (exact) mass is 254 g/mol. The van der Waals surface area contributed by atoms with Crippen molar-refractivity contribution in [2.24, 2.45) is 0 Å². The molecule has 0 spiro atoms. The number of hydrogen-bond acceptors (Lipinski definition) is 3. The summed E-state index contributed by atoms with van der Waals surface area (Å²) in [5.74, 6) is -0.184. The molecule has 1 aromatic carbocycles. The standard InChI is InChI=1S/C14H23FN2O/c1-5-16-9-12-6-7-14(13(15)8-12)17(3)11(2)10-18-4/h6-8,11,16H,5,9-10H2,1-4H3. The van der Waals surface area contributed by atoms with E-state index in [0.717, 1.165) is 12.1 Å². The zero-order chi connectivity index (χ0) is 13.5. The third kappa shape index (κ3) is 3.96. The summed E-state index contributed by atoms with van der Waals surface area (Å²) in [6.45, 7) is 6.20. The van der Waals surface area contributed by atoms with E-state index in [-0.39, 0.29) is 11.9 Å². The molecule has 1 atom stereocenters. The quantitative estimate of drug-likeness (QED) is 0.808. The number of halogens is 1. The normalized spacial score (nSPS) is 12.5. The molecule has 0 aromatic heterocycles. The highest BCUT2D eigenvalue weighted by Crippen LogP contribution is 2.21. The first-order chi connectivity index (χ1) is 8.60. The van der Waals surface area contributed by atoms with Crippen LogP contribution < -0.4 is 10.2 Å². The lowest BCUT2D eigenvalue weighted by atomic mass is 10.1. The second kappa shape index (κ2) is 7.34. The fourth-order valence-electron chi connectivity index (χ4n) is 1.81. The Kier molecular flexibility index (Phi) is 6.09. The summed E-state index contributed by atoms with van der Waals surface area (Å²) in [5.41, 5.74) is 1.57. The number of methoxy groups -OCH3 is 1. The molecule has 0 bridgehead atoms. The van der Waals surface area contributed by atoms with Gasteiger partial charge in [0, 0.05) is 26.7 Å². The van der Waals surface area contributed by atoms with Crippen molar-refractivity contribution in [2.45, 2.75) is 26.4 Å². The van der Waals surface area contributed by atoms with Gasteiger partial charge >= 0.3 is 0 Å². The Labute approximate surface area is 109 Å². The topological polar surface area (TPSA) is 24.5 Å². The van der Waals surface area contributed by atoms with Gasteiger partial charge in [-0.05, 0) is 31.2 Å². The molecule has 0 heterocycles. The number of hydrogen-bond donors (Lipinski definition) is 1. The first-order valence-electron chi connectivity index (χ1n) is 6.31. The highest BCUT2D eigenvalue weighted by molar-refractivity contribution is 5.49. The Bertz CT molecular complexity index is 371. The van der Waals surface area contributed by atoms with Gasteiger partial charge in [0.1, 0.15) is 5.82 Å². The fraction of sp³-hybridized carbons (Fsp3) is 0.571. The van der Waals surface area contributed by atoms with Gasteiger partial charge < -0.3 is 15.0 Å². The van der Waals surface area contributed by atoms with Crippen LogP contribution in [0.4, 0.5) is 10.1 Å². The molecule has 0 aliphatic carbocycles. The summed E-state index contributed by atoms with van der Waals surface area (Å²) in [4.78, 5) is 1.90. The summed E-state index contributed by atoms with van der Waals surface area (Å²) in [6.07, 6.45) is 0. The maximum absolute atomic E-state index is 14.0. The molecule has 1 unspecified atom stereocenters. The van der Waals surface area contributed by atoms with E-state index in [1.54, 1.807) is 13.2 Å². The van der Waals surface area contributed by atoms with E-state index in [1.165, 1.54) is 0 Å². The minimum Gasteiger partial charge on any atom is -0.383 e. The van der Waals surface area contributed by atoms with Crippen molar-refractivity contribution in [3.05, 3.63) is 29.6 Å². The molecule has 102 valence electrons. The van der Waals surface area contributed by atoms with Gasteiger partial charge in [-0.25, -0.2) is 4.39 Å². The van der Waals surface area contributed by atoms with Crippen molar-refractivity contribution in [1.29, 1.82) is 0 Å². The lowest BCUT2D eigenvalue weighted by molar-refractivity contribution is 0.183. The predicted octanol–water partition coefficient (Wildman–Crippen LogP) is 2.41. The smallest absolute Gasteiger partial charge is 0.146 e. The van der Waals surface area contributed by atoms with Crippen LogP contribution in [0.25, 0.3) is 0 Å². The molecule has 3 nitrogen and oxygen atoms in total. The summed E-state index contributed by atoms with van der Waals surface area (Å²) in [5, 5.41) is 3.18. The number of likely N-dealkylation sites (N-methyl/N-ethyl adjacent to an activating group) is 1. The lowest BCUT2D eigenvalue weighted by Gasteiger charge is -2.27. The van der Waals surface area contributed by atoms with Crippen LogP contribution in [0.5, 0.6) is 0 Å². The van der Waals surface area contributed by atoms with Gasteiger partial charge in [0.2, 0.25) is 0 Å². The molecule has 0 amide bonds. The first-order valence-corrected chi connectivity index (χ1v) is 6.31. The van der Waals surface area contributed by atoms with Gasteiger partial charge in [0.15, 0.2) is 0 Å². The average Bonchev–Trinajstić information content (AvgIpc) is 2.36. The van der Waals surface area contributed by atoms with Crippen molar-refractivity contribution in [3.63, 3.8) is 0 Å². The molecule has 1 N–H and O–H groups in total. The Morgan fingerprint density at radius 2 is 2.17 bits per heavy atom. The van der Waals surface area contributed by atoms with Crippen molar-refractivity contribution < 1.29 is 9.13 Å². The zero-order valence-corrected chi connectivity index (χ0v) is 11.7. The van der Waals surface area contributed by atoms with Crippen LogP contribution in [-0.2, 0) is 11.3 Å². The summed E-state index contributed by atoms with van der Waals surface area (Å²) in [7, 11) is 3.53. The molecule has 0 aliphatic heterocycles. The molecule has 0 saturated carbocycles. The van der Waals surface area contributed by atoms with Gasteiger partial charge in [0.05, 0.1) is 12.3 Å². The van der Waals surface area contributed by atoms with Crippen LogP contribution in [0.15, 0.2) is 18.2 Å². The number of anilines is 1. The van der Waals surface area contributed by atoms with Crippen LogP contribution in [0.1, 0.15) is 19.4 Å². The third-order valence-corrected chi connectivity index (χ3v) is 3.04. The summed E-state index contributed by atoms with van der Waals surface area (Å²) < 4.78 is 19.1. The SMILES string of the molecule is CCNCc1ccc(N(C)C(C)COC)c(F)c1. The minimum atomic E-state index is -0.184. The van der Waals surface area contributed by atoms with Crippen LogP contribution >= 0.6 is 0 Å². The van der Waals surface area contributed by atoms with E-state index in [0.29, 0.717) is 18.8 Å². The maximum Gasteiger partial charge on any atom is 0.146 e. The number of ether oxygens (including phenoxy) is 1. The molecule has 0 fully saturated rings. The predicted molar refractivity (Wildman–Crippen MR) is 73.5 cm³/mol. The van der Waals surface area contributed by atoms with Gasteiger partial charge in [-0.3, -0.25) is 0 Å². The highest BCUT2D eigenvalue weighted by atomic mass is 19.1. The van der Waals surface area contributed by atoms with Gasteiger partial charge in [0.25, 0.3) is 0 Å². The second-order valence-electron chi connectivity index (χ2n) is 4.48. The van der Waals surface area contributed by atoms with Crippen molar-refractivity contribution in [2.75, 3.05) is 32.2 Å². The molecule has 0 saturated heterocycles. The van der Waals surface area contributed by atoms with E-state index in [2.05, 4.69) is 5.32 Å². The zero-order valence-electron chi connectivity index (χ0n) is 11.7. The van der Waals surface area contributed by atoms with Crippen molar-refractivity contribution in [3.8, 4) is 0 Å². The van der Waals surface area contributed by atoms with Gasteiger partial charge in [-0.2, -0.15) is 0 Å². The fourth-order valence-corrected chi connectivity index (χ4v) is 1.81. The van der Waals surface area contributed by atoms with E-state index in [1.807, 2.05) is 37.9 Å². The van der Waals surface area contributed by atoms with Crippen LogP contribution in [-0.4, -0.2) is 33.4 Å².